The lowest BCUT2D eigenvalue weighted by molar-refractivity contribution is 0.252. The Hall–Kier alpha value is -3.05. The van der Waals surface area contributed by atoms with Gasteiger partial charge >= 0.3 is 6.03 Å². The number of carbonyl (C=O) groups excluding carboxylic acids is 1. The molecule has 10 nitrogen and oxygen atoms in total. The van der Waals surface area contributed by atoms with Crippen LogP contribution in [0.25, 0.3) is 10.6 Å². The van der Waals surface area contributed by atoms with Crippen molar-refractivity contribution in [3.63, 3.8) is 0 Å². The van der Waals surface area contributed by atoms with E-state index in [1.54, 1.807) is 6.20 Å². The number of amides is 2. The van der Waals surface area contributed by atoms with E-state index in [4.69, 9.17) is 9.40 Å². The fraction of sp³-hybridized carbons (Fsp3) is 0.522. The van der Waals surface area contributed by atoms with E-state index < -0.39 is 0 Å². The number of oxazole rings is 1. The van der Waals surface area contributed by atoms with Gasteiger partial charge in [-0.2, -0.15) is 0 Å². The molecule has 3 heterocycles. The summed E-state index contributed by atoms with van der Waals surface area (Å²) < 4.78 is 5.56. The van der Waals surface area contributed by atoms with Gasteiger partial charge in [0, 0.05) is 44.7 Å². The van der Waals surface area contributed by atoms with Gasteiger partial charge in [0.05, 0.1) is 22.5 Å². The second kappa shape index (κ2) is 11.9. The molecular weight excluding hydrogens is 452 g/mol. The van der Waals surface area contributed by atoms with E-state index in [1.807, 2.05) is 26.8 Å². The number of anilines is 2. The quantitative estimate of drug-likeness (QED) is 0.423. The highest BCUT2D eigenvalue weighted by atomic mass is 32.1. The van der Waals surface area contributed by atoms with Gasteiger partial charge in [0.1, 0.15) is 5.76 Å². The summed E-state index contributed by atoms with van der Waals surface area (Å²) in [4.78, 5) is 35.8. The van der Waals surface area contributed by atoms with Gasteiger partial charge in [-0.05, 0) is 40.9 Å². The Balaban J connectivity index is 1.65. The lowest BCUT2D eigenvalue weighted by Crippen LogP contribution is -2.33. The third-order valence-corrected chi connectivity index (χ3v) is 6.24. The number of hydrogen-bond acceptors (Lipinski definition) is 9. The van der Waals surface area contributed by atoms with Crippen LogP contribution in [-0.2, 0) is 12.8 Å². The molecule has 0 spiro atoms. The summed E-state index contributed by atoms with van der Waals surface area (Å²) in [6.45, 7) is 11.0. The molecule has 0 saturated carbocycles. The average Bonchev–Trinajstić information content (AvgIpc) is 3.39. The number of carbonyl (C=O) groups is 1. The van der Waals surface area contributed by atoms with Crippen molar-refractivity contribution < 1.29 is 9.21 Å². The molecule has 0 aliphatic heterocycles. The summed E-state index contributed by atoms with van der Waals surface area (Å²) in [7, 11) is 4.11. The van der Waals surface area contributed by atoms with Crippen molar-refractivity contribution in [3.8, 4) is 10.6 Å². The van der Waals surface area contributed by atoms with Crippen molar-refractivity contribution in [2.24, 2.45) is 0 Å². The zero-order chi connectivity index (χ0) is 24.7. The minimum absolute atomic E-state index is 0.317. The van der Waals surface area contributed by atoms with Gasteiger partial charge in [-0.3, -0.25) is 5.32 Å². The molecular formula is C23H34N8O2S. The highest BCUT2D eigenvalue weighted by Crippen LogP contribution is 2.32. The largest absolute Gasteiger partial charge is 0.446 e. The van der Waals surface area contributed by atoms with Gasteiger partial charge in [0.25, 0.3) is 0 Å². The SMILES string of the molecule is CCc1cnc(CCNC(=O)Nc2nc(C)c(-c3cc(C)nc(N(CC)CCN(C)C)n3)s2)o1. The van der Waals surface area contributed by atoms with E-state index in [0.717, 1.165) is 53.8 Å². The molecule has 11 heteroatoms. The van der Waals surface area contributed by atoms with Gasteiger partial charge in [-0.25, -0.2) is 24.7 Å². The van der Waals surface area contributed by atoms with Crippen LogP contribution in [0, 0.1) is 13.8 Å². The highest BCUT2D eigenvalue weighted by Gasteiger charge is 2.17. The predicted octanol–water partition coefficient (Wildman–Crippen LogP) is 3.52. The number of thiazole rings is 1. The maximum absolute atomic E-state index is 12.3. The molecule has 0 saturated heterocycles. The van der Waals surface area contributed by atoms with E-state index in [-0.39, 0.29) is 6.03 Å². The molecule has 2 N–H and O–H groups in total. The summed E-state index contributed by atoms with van der Waals surface area (Å²) in [5, 5.41) is 6.16. The minimum Gasteiger partial charge on any atom is -0.446 e. The Kier molecular flexibility index (Phi) is 8.94. The molecule has 3 rings (SSSR count). The molecule has 0 aliphatic rings. The summed E-state index contributed by atoms with van der Waals surface area (Å²) in [5.41, 5.74) is 2.51. The second-order valence-electron chi connectivity index (χ2n) is 8.22. The molecule has 184 valence electrons. The molecule has 0 unspecified atom stereocenters. The van der Waals surface area contributed by atoms with Gasteiger partial charge in [0.2, 0.25) is 5.95 Å². The summed E-state index contributed by atoms with van der Waals surface area (Å²) in [5.74, 6) is 2.16. The number of likely N-dealkylation sites (N-methyl/N-ethyl adjacent to an activating group) is 2. The van der Waals surface area contributed by atoms with Crippen LogP contribution in [0.4, 0.5) is 15.9 Å². The number of aryl methyl sites for hydroxylation is 3. The Morgan fingerprint density at radius 2 is 1.94 bits per heavy atom. The minimum atomic E-state index is -0.317. The van der Waals surface area contributed by atoms with E-state index in [0.29, 0.717) is 29.9 Å². The first-order valence-electron chi connectivity index (χ1n) is 11.5. The van der Waals surface area contributed by atoms with Crippen molar-refractivity contribution in [3.05, 3.63) is 35.3 Å². The van der Waals surface area contributed by atoms with Crippen LogP contribution < -0.4 is 15.5 Å². The van der Waals surface area contributed by atoms with Crippen LogP contribution >= 0.6 is 11.3 Å². The zero-order valence-corrected chi connectivity index (χ0v) is 21.6. The van der Waals surface area contributed by atoms with Crippen LogP contribution in [-0.4, -0.2) is 71.1 Å². The third-order valence-electron chi connectivity index (χ3n) is 5.15. The first-order chi connectivity index (χ1) is 16.3. The first kappa shape index (κ1) is 25.6. The van der Waals surface area contributed by atoms with Crippen molar-refractivity contribution in [2.45, 2.75) is 40.5 Å². The Morgan fingerprint density at radius 3 is 2.62 bits per heavy atom. The summed E-state index contributed by atoms with van der Waals surface area (Å²) in [6.07, 6.45) is 3.05. The first-order valence-corrected chi connectivity index (χ1v) is 12.3. The zero-order valence-electron chi connectivity index (χ0n) is 20.8. The van der Waals surface area contributed by atoms with Gasteiger partial charge in [-0.1, -0.05) is 18.3 Å². The molecule has 34 heavy (non-hydrogen) atoms. The Bertz CT molecular complexity index is 1090. The molecule has 0 aliphatic carbocycles. The molecule has 0 radical (unpaired) electrons. The van der Waals surface area contributed by atoms with Gasteiger partial charge < -0.3 is 19.5 Å². The van der Waals surface area contributed by atoms with Crippen LogP contribution in [0.15, 0.2) is 16.7 Å². The molecule has 2 amide bonds. The number of nitrogens with one attached hydrogen (secondary N) is 2. The molecule has 3 aromatic rings. The van der Waals surface area contributed by atoms with Crippen molar-refractivity contribution in [2.75, 3.05) is 50.5 Å². The normalized spacial score (nSPS) is 11.1. The number of urea groups is 1. The number of aromatic nitrogens is 4. The monoisotopic (exact) mass is 486 g/mol. The van der Waals surface area contributed by atoms with Gasteiger partial charge in [0.15, 0.2) is 11.0 Å². The van der Waals surface area contributed by atoms with Crippen molar-refractivity contribution in [1.82, 2.24) is 30.2 Å². The Labute approximate surface area is 204 Å². The smallest absolute Gasteiger partial charge is 0.321 e. The topological polar surface area (TPSA) is 112 Å². The van der Waals surface area contributed by atoms with E-state index >= 15 is 0 Å². The predicted molar refractivity (Wildman–Crippen MR) is 136 cm³/mol. The maximum Gasteiger partial charge on any atom is 0.321 e. The number of rotatable bonds is 11. The lowest BCUT2D eigenvalue weighted by Gasteiger charge is -2.23. The van der Waals surface area contributed by atoms with Crippen LogP contribution in [0.2, 0.25) is 0 Å². The summed E-state index contributed by atoms with van der Waals surface area (Å²) in [6, 6.07) is 1.64. The highest BCUT2D eigenvalue weighted by molar-refractivity contribution is 7.19. The van der Waals surface area contributed by atoms with Crippen LogP contribution in [0.5, 0.6) is 0 Å². The standard InChI is InChI=1S/C23H34N8O2S/c1-7-17-14-25-19(33-17)9-10-24-22(32)29-23-27-16(4)20(34-23)18-13-15(3)26-21(28-18)31(8-2)12-11-30(5)6/h13-14H,7-12H2,1-6H3,(H2,24,27,29,32). The maximum atomic E-state index is 12.3. The van der Waals surface area contributed by atoms with Crippen LogP contribution in [0.1, 0.15) is 36.9 Å². The molecule has 0 atom stereocenters. The summed E-state index contributed by atoms with van der Waals surface area (Å²) >= 11 is 1.40. The van der Waals surface area contributed by atoms with E-state index in [2.05, 4.69) is 56.4 Å². The average molecular weight is 487 g/mol. The fourth-order valence-electron chi connectivity index (χ4n) is 3.27. The molecule has 3 aromatic heterocycles. The van der Waals surface area contributed by atoms with E-state index in [1.165, 1.54) is 11.3 Å². The van der Waals surface area contributed by atoms with Crippen molar-refractivity contribution >= 4 is 28.4 Å². The molecule has 0 bridgehead atoms. The van der Waals surface area contributed by atoms with Crippen molar-refractivity contribution in [1.29, 1.82) is 0 Å². The van der Waals surface area contributed by atoms with E-state index in [9.17, 15) is 4.79 Å². The second-order valence-corrected chi connectivity index (χ2v) is 9.21. The Morgan fingerprint density at radius 1 is 1.15 bits per heavy atom. The number of nitrogens with zero attached hydrogens (tertiary/aromatic N) is 6. The molecule has 0 aromatic carbocycles. The lowest BCUT2D eigenvalue weighted by atomic mass is 10.2. The fourth-order valence-corrected chi connectivity index (χ4v) is 4.19. The molecule has 0 fully saturated rings. The van der Waals surface area contributed by atoms with Gasteiger partial charge in [-0.15, -0.1) is 0 Å². The third kappa shape index (κ3) is 6.97. The number of hydrogen-bond donors (Lipinski definition) is 2. The van der Waals surface area contributed by atoms with Crippen LogP contribution in [0.3, 0.4) is 0 Å².